The van der Waals surface area contributed by atoms with Gasteiger partial charge in [-0.15, -0.1) is 0 Å². The van der Waals surface area contributed by atoms with Crippen LogP contribution < -0.4 is 0 Å². The van der Waals surface area contributed by atoms with Gasteiger partial charge in [-0.2, -0.15) is 0 Å². The van der Waals surface area contributed by atoms with Crippen LogP contribution in [0.4, 0.5) is 0 Å². The predicted octanol–water partition coefficient (Wildman–Crippen LogP) is 6.91. The highest BCUT2D eigenvalue weighted by Gasteiger charge is 2.38. The molecule has 1 aromatic rings. The minimum absolute atomic E-state index is 0.280. The molecule has 1 aliphatic carbocycles. The Morgan fingerprint density at radius 2 is 1.57 bits per heavy atom. The average molecular weight is 351 g/mol. The van der Waals surface area contributed by atoms with Gasteiger partial charge in [0.1, 0.15) is 0 Å². The summed E-state index contributed by atoms with van der Waals surface area (Å²) in [5, 5.41) is 0. The smallest absolute Gasteiger partial charge is 0.0446 e. The van der Waals surface area contributed by atoms with Crippen LogP contribution in [0.5, 0.6) is 0 Å². The number of benzene rings is 1. The van der Waals surface area contributed by atoms with Gasteiger partial charge < -0.3 is 0 Å². The number of alkyl halides is 1. The highest BCUT2D eigenvalue weighted by molar-refractivity contribution is 9.09. The lowest BCUT2D eigenvalue weighted by molar-refractivity contribution is 0.328. The number of hydrogen-bond acceptors (Lipinski definition) is 0. The third-order valence-electron chi connectivity index (χ3n) is 5.77. The first-order valence-electron chi connectivity index (χ1n) is 8.30. The van der Waals surface area contributed by atoms with Gasteiger partial charge in [-0.25, -0.2) is 0 Å². The molecule has 0 aliphatic heterocycles. The van der Waals surface area contributed by atoms with Crippen LogP contribution in [0.3, 0.4) is 0 Å². The molecule has 0 heterocycles. The molecule has 0 radical (unpaired) electrons. The van der Waals surface area contributed by atoms with E-state index in [9.17, 15) is 0 Å². The van der Waals surface area contributed by atoms with Gasteiger partial charge in [0.25, 0.3) is 0 Å². The van der Waals surface area contributed by atoms with Crippen molar-refractivity contribution in [2.45, 2.75) is 83.4 Å². The van der Waals surface area contributed by atoms with Crippen LogP contribution in [0.2, 0.25) is 0 Å². The summed E-state index contributed by atoms with van der Waals surface area (Å²) in [7, 11) is 0. The van der Waals surface area contributed by atoms with E-state index in [1.165, 1.54) is 24.8 Å². The molecule has 0 fully saturated rings. The number of rotatable bonds is 3. The van der Waals surface area contributed by atoms with Crippen molar-refractivity contribution in [3.05, 3.63) is 34.9 Å². The Labute approximate surface area is 139 Å². The molecule has 1 heteroatoms. The minimum Gasteiger partial charge on any atom is -0.0833 e. The molecule has 0 N–H and O–H groups in total. The van der Waals surface area contributed by atoms with Crippen LogP contribution in [-0.2, 0) is 10.8 Å². The maximum atomic E-state index is 3.96. The van der Waals surface area contributed by atoms with E-state index in [0.717, 1.165) is 0 Å². The number of fused-ring (bicyclic) bond motifs is 1. The first kappa shape index (κ1) is 17.1. The minimum atomic E-state index is 0.280. The summed E-state index contributed by atoms with van der Waals surface area (Å²) in [6.07, 6.45) is 3.74. The fraction of sp³-hybridized carbons (Fsp3) is 0.700. The van der Waals surface area contributed by atoms with Crippen LogP contribution >= 0.6 is 15.9 Å². The first-order valence-corrected chi connectivity index (χ1v) is 9.22. The molecule has 2 rings (SSSR count). The highest BCUT2D eigenvalue weighted by Crippen LogP contribution is 2.49. The Hall–Kier alpha value is -0.300. The standard InChI is InChI=1S/C20H31Br/c1-8-18(2,3)17(21)14-9-10-15-16(13-14)20(6,7)12-11-19(15,4)5/h9-10,13,17H,8,11-12H2,1-7H3. The third kappa shape index (κ3) is 3.09. The van der Waals surface area contributed by atoms with Gasteiger partial charge in [0.05, 0.1) is 0 Å². The first-order chi connectivity index (χ1) is 9.51. The van der Waals surface area contributed by atoms with Crippen LogP contribution in [0.15, 0.2) is 18.2 Å². The molecule has 1 aliphatic rings. The van der Waals surface area contributed by atoms with Crippen LogP contribution in [0.25, 0.3) is 0 Å². The Balaban J connectivity index is 2.52. The molecule has 1 unspecified atom stereocenters. The fourth-order valence-corrected chi connectivity index (χ4v) is 4.00. The molecule has 0 spiro atoms. The van der Waals surface area contributed by atoms with Crippen LogP contribution in [0, 0.1) is 5.41 Å². The van der Waals surface area contributed by atoms with Crippen LogP contribution in [0.1, 0.15) is 89.2 Å². The summed E-state index contributed by atoms with van der Waals surface area (Å²) in [4.78, 5) is 0.418. The molecular weight excluding hydrogens is 320 g/mol. The molecule has 1 atom stereocenters. The van der Waals surface area contributed by atoms with Gasteiger partial charge in [0, 0.05) is 4.83 Å². The summed E-state index contributed by atoms with van der Waals surface area (Å²) >= 11 is 3.96. The number of hydrogen-bond donors (Lipinski definition) is 0. The maximum absolute atomic E-state index is 3.96. The molecule has 21 heavy (non-hydrogen) atoms. The van der Waals surface area contributed by atoms with E-state index in [-0.39, 0.29) is 5.41 Å². The topological polar surface area (TPSA) is 0 Å². The lowest BCUT2D eigenvalue weighted by Crippen LogP contribution is -2.34. The van der Waals surface area contributed by atoms with E-state index in [1.807, 2.05) is 0 Å². The predicted molar refractivity (Wildman–Crippen MR) is 97.5 cm³/mol. The Kier molecular flexibility index (Phi) is 4.39. The van der Waals surface area contributed by atoms with Crippen molar-refractivity contribution in [3.63, 3.8) is 0 Å². The summed E-state index contributed by atoms with van der Waals surface area (Å²) in [5.41, 5.74) is 5.44. The zero-order chi connectivity index (χ0) is 16.1. The molecule has 0 bridgehead atoms. The molecule has 0 nitrogen and oxygen atoms in total. The summed E-state index contributed by atoms with van der Waals surface area (Å²) in [6, 6.07) is 7.22. The maximum Gasteiger partial charge on any atom is 0.0446 e. The normalized spacial score (nSPS) is 21.7. The van der Waals surface area contributed by atoms with E-state index < -0.39 is 0 Å². The van der Waals surface area contributed by atoms with E-state index in [2.05, 4.69) is 82.6 Å². The van der Waals surface area contributed by atoms with E-state index >= 15 is 0 Å². The second-order valence-electron chi connectivity index (χ2n) is 8.78. The van der Waals surface area contributed by atoms with Gasteiger partial charge in [0.15, 0.2) is 0 Å². The van der Waals surface area contributed by atoms with E-state index in [1.54, 1.807) is 11.1 Å². The molecule has 0 saturated heterocycles. The van der Waals surface area contributed by atoms with Crippen molar-refractivity contribution >= 4 is 15.9 Å². The lowest BCUT2D eigenvalue weighted by Gasteiger charge is -2.42. The van der Waals surface area contributed by atoms with E-state index in [4.69, 9.17) is 0 Å². The SMILES string of the molecule is CCC(C)(C)C(Br)c1ccc2c(c1)C(C)(C)CCC2(C)C. The zero-order valence-corrected chi connectivity index (χ0v) is 16.4. The molecule has 0 saturated carbocycles. The summed E-state index contributed by atoms with van der Waals surface area (Å²) in [5.74, 6) is 0. The third-order valence-corrected chi connectivity index (χ3v) is 7.53. The van der Waals surface area contributed by atoms with Gasteiger partial charge in [-0.1, -0.05) is 82.6 Å². The molecule has 118 valence electrons. The van der Waals surface area contributed by atoms with Crippen molar-refractivity contribution in [2.24, 2.45) is 5.41 Å². The van der Waals surface area contributed by atoms with Crippen LogP contribution in [-0.4, -0.2) is 0 Å². The molecule has 0 amide bonds. The largest absolute Gasteiger partial charge is 0.0833 e. The quantitative estimate of drug-likeness (QED) is 0.519. The monoisotopic (exact) mass is 350 g/mol. The molecule has 0 aromatic heterocycles. The van der Waals surface area contributed by atoms with Gasteiger partial charge in [-0.3, -0.25) is 0 Å². The van der Waals surface area contributed by atoms with E-state index in [0.29, 0.717) is 15.7 Å². The highest BCUT2D eigenvalue weighted by atomic mass is 79.9. The Bertz CT molecular complexity index is 523. The summed E-state index contributed by atoms with van der Waals surface area (Å²) in [6.45, 7) is 16.6. The lowest BCUT2D eigenvalue weighted by atomic mass is 9.62. The Morgan fingerprint density at radius 1 is 1.05 bits per heavy atom. The van der Waals surface area contributed by atoms with Gasteiger partial charge >= 0.3 is 0 Å². The molecule has 1 aromatic carbocycles. The summed E-state index contributed by atoms with van der Waals surface area (Å²) < 4.78 is 0. The number of halogens is 1. The van der Waals surface area contributed by atoms with Gasteiger partial charge in [0.2, 0.25) is 0 Å². The fourth-order valence-electron chi connectivity index (χ4n) is 3.39. The van der Waals surface area contributed by atoms with Crippen molar-refractivity contribution in [3.8, 4) is 0 Å². The van der Waals surface area contributed by atoms with Gasteiger partial charge in [-0.05, 0) is 52.2 Å². The zero-order valence-electron chi connectivity index (χ0n) is 14.8. The molecular formula is C20H31Br. The second-order valence-corrected chi connectivity index (χ2v) is 9.69. The second kappa shape index (κ2) is 5.41. The Morgan fingerprint density at radius 3 is 2.10 bits per heavy atom. The van der Waals surface area contributed by atoms with Crippen molar-refractivity contribution in [1.29, 1.82) is 0 Å². The van der Waals surface area contributed by atoms with Crippen molar-refractivity contribution in [2.75, 3.05) is 0 Å². The van der Waals surface area contributed by atoms with Crippen molar-refractivity contribution < 1.29 is 0 Å². The van der Waals surface area contributed by atoms with Crippen molar-refractivity contribution in [1.82, 2.24) is 0 Å². The average Bonchev–Trinajstić information content (AvgIpc) is 2.43.